The van der Waals surface area contributed by atoms with Gasteiger partial charge in [0.05, 0.1) is 30.5 Å². The zero-order valence-corrected chi connectivity index (χ0v) is 11.2. The van der Waals surface area contributed by atoms with Gasteiger partial charge in [0, 0.05) is 13.1 Å². The average Bonchev–Trinajstić information content (AvgIpc) is 2.35. The molecular weight excluding hydrogens is 252 g/mol. The van der Waals surface area contributed by atoms with Gasteiger partial charge in [-0.2, -0.15) is 0 Å². The topological polar surface area (TPSA) is 41.6 Å². The summed E-state index contributed by atoms with van der Waals surface area (Å²) in [7, 11) is 0. The number of rotatable bonds is 3. The zero-order chi connectivity index (χ0) is 13.0. The van der Waals surface area contributed by atoms with Crippen LogP contribution in [-0.4, -0.2) is 43.7 Å². The van der Waals surface area contributed by atoms with Crippen LogP contribution < -0.4 is 5.32 Å². The van der Waals surface area contributed by atoms with E-state index in [1.807, 2.05) is 19.1 Å². The normalized spacial score (nSPS) is 16.6. The van der Waals surface area contributed by atoms with Gasteiger partial charge in [0.25, 0.3) is 0 Å². The van der Waals surface area contributed by atoms with E-state index in [4.69, 9.17) is 16.3 Å². The van der Waals surface area contributed by atoms with Crippen molar-refractivity contribution in [3.8, 4) is 0 Å². The number of hydrogen-bond acceptors (Lipinski definition) is 3. The minimum absolute atomic E-state index is 0.0376. The average molecular weight is 269 g/mol. The second kappa shape index (κ2) is 6.18. The Hall–Kier alpha value is -1.10. The van der Waals surface area contributed by atoms with Crippen molar-refractivity contribution < 1.29 is 9.53 Å². The van der Waals surface area contributed by atoms with Gasteiger partial charge < -0.3 is 10.1 Å². The number of carbonyl (C=O) groups excluding carboxylic acids is 1. The molecule has 0 aliphatic carbocycles. The standard InChI is InChI=1S/C13H17ClN2O2/c1-10-2-3-11(14)12(8-10)15-13(17)9-16-4-6-18-7-5-16/h2-3,8H,4-7,9H2,1H3,(H,15,17). The zero-order valence-electron chi connectivity index (χ0n) is 10.4. The molecule has 1 N–H and O–H groups in total. The number of amides is 1. The fourth-order valence-corrected chi connectivity index (χ4v) is 2.05. The first-order valence-corrected chi connectivity index (χ1v) is 6.39. The van der Waals surface area contributed by atoms with Crippen LogP contribution >= 0.6 is 11.6 Å². The van der Waals surface area contributed by atoms with Crippen molar-refractivity contribution in [3.05, 3.63) is 28.8 Å². The Kier molecular flexibility index (Phi) is 4.58. The second-order valence-corrected chi connectivity index (χ2v) is 4.83. The highest BCUT2D eigenvalue weighted by Crippen LogP contribution is 2.22. The summed E-state index contributed by atoms with van der Waals surface area (Å²) in [6.45, 7) is 5.34. The molecule has 1 fully saturated rings. The number of aryl methyl sites for hydroxylation is 1. The van der Waals surface area contributed by atoms with Gasteiger partial charge in [-0.25, -0.2) is 0 Å². The molecule has 5 heteroatoms. The second-order valence-electron chi connectivity index (χ2n) is 4.42. The van der Waals surface area contributed by atoms with Crippen LogP contribution in [0.1, 0.15) is 5.56 Å². The summed E-state index contributed by atoms with van der Waals surface area (Å²) in [6, 6.07) is 5.58. The maximum absolute atomic E-state index is 11.9. The maximum atomic E-state index is 11.9. The predicted octanol–water partition coefficient (Wildman–Crippen LogP) is 1.92. The van der Waals surface area contributed by atoms with Crippen molar-refractivity contribution >= 4 is 23.2 Å². The molecule has 0 saturated carbocycles. The Morgan fingerprint density at radius 2 is 2.17 bits per heavy atom. The Balaban J connectivity index is 1.92. The molecule has 1 saturated heterocycles. The summed E-state index contributed by atoms with van der Waals surface area (Å²) in [5.41, 5.74) is 1.75. The highest BCUT2D eigenvalue weighted by Gasteiger charge is 2.14. The van der Waals surface area contributed by atoms with Crippen LogP contribution in [0.3, 0.4) is 0 Å². The molecule has 1 aromatic rings. The number of ether oxygens (including phenoxy) is 1. The number of carbonyl (C=O) groups is 1. The minimum atomic E-state index is -0.0376. The van der Waals surface area contributed by atoms with Crippen molar-refractivity contribution in [1.82, 2.24) is 4.90 Å². The number of benzene rings is 1. The van der Waals surface area contributed by atoms with Crippen molar-refractivity contribution in [2.45, 2.75) is 6.92 Å². The van der Waals surface area contributed by atoms with Crippen LogP contribution in [0.5, 0.6) is 0 Å². The van der Waals surface area contributed by atoms with Gasteiger partial charge in [-0.15, -0.1) is 0 Å². The van der Waals surface area contributed by atoms with E-state index in [1.165, 1.54) is 0 Å². The third kappa shape index (κ3) is 3.70. The molecule has 0 bridgehead atoms. The minimum Gasteiger partial charge on any atom is -0.379 e. The van der Waals surface area contributed by atoms with Crippen molar-refractivity contribution in [2.24, 2.45) is 0 Å². The molecule has 18 heavy (non-hydrogen) atoms. The van der Waals surface area contributed by atoms with E-state index < -0.39 is 0 Å². The van der Waals surface area contributed by atoms with Crippen molar-refractivity contribution in [2.75, 3.05) is 38.2 Å². The van der Waals surface area contributed by atoms with Gasteiger partial charge in [-0.05, 0) is 24.6 Å². The third-order valence-electron chi connectivity index (χ3n) is 2.87. The van der Waals surface area contributed by atoms with Gasteiger partial charge in [0.15, 0.2) is 0 Å². The largest absolute Gasteiger partial charge is 0.379 e. The first-order chi connectivity index (χ1) is 8.65. The lowest BCUT2D eigenvalue weighted by molar-refractivity contribution is -0.118. The highest BCUT2D eigenvalue weighted by molar-refractivity contribution is 6.33. The highest BCUT2D eigenvalue weighted by atomic mass is 35.5. The summed E-state index contributed by atoms with van der Waals surface area (Å²) < 4.78 is 5.24. The van der Waals surface area contributed by atoms with Crippen LogP contribution in [0.15, 0.2) is 18.2 Å². The SMILES string of the molecule is Cc1ccc(Cl)c(NC(=O)CN2CCOCC2)c1. The van der Waals surface area contributed by atoms with E-state index in [-0.39, 0.29) is 5.91 Å². The fraction of sp³-hybridized carbons (Fsp3) is 0.462. The van der Waals surface area contributed by atoms with E-state index in [0.29, 0.717) is 30.5 Å². The van der Waals surface area contributed by atoms with E-state index in [1.54, 1.807) is 6.07 Å². The van der Waals surface area contributed by atoms with Gasteiger partial charge in [-0.3, -0.25) is 9.69 Å². The summed E-state index contributed by atoms with van der Waals surface area (Å²) in [5, 5.41) is 3.41. The van der Waals surface area contributed by atoms with Crippen molar-refractivity contribution in [3.63, 3.8) is 0 Å². The molecule has 0 radical (unpaired) electrons. The van der Waals surface area contributed by atoms with Crippen LogP contribution in [0.25, 0.3) is 0 Å². The van der Waals surface area contributed by atoms with Gasteiger partial charge >= 0.3 is 0 Å². The Bertz CT molecular complexity index is 431. The van der Waals surface area contributed by atoms with Gasteiger partial charge in [-0.1, -0.05) is 17.7 Å². The molecule has 1 amide bonds. The van der Waals surface area contributed by atoms with Crippen molar-refractivity contribution in [1.29, 1.82) is 0 Å². The quantitative estimate of drug-likeness (QED) is 0.911. The third-order valence-corrected chi connectivity index (χ3v) is 3.20. The van der Waals surface area contributed by atoms with E-state index in [2.05, 4.69) is 10.2 Å². The van der Waals surface area contributed by atoms with Gasteiger partial charge in [0.1, 0.15) is 0 Å². The van der Waals surface area contributed by atoms with E-state index in [0.717, 1.165) is 18.7 Å². The number of hydrogen-bond donors (Lipinski definition) is 1. The number of anilines is 1. The molecule has 1 aromatic carbocycles. The Labute approximate surface area is 112 Å². The van der Waals surface area contributed by atoms with Crippen LogP contribution in [-0.2, 0) is 9.53 Å². The number of morpholine rings is 1. The molecule has 0 aromatic heterocycles. The summed E-state index contributed by atoms with van der Waals surface area (Å²) in [6.07, 6.45) is 0. The van der Waals surface area contributed by atoms with Gasteiger partial charge in [0.2, 0.25) is 5.91 Å². The summed E-state index contributed by atoms with van der Waals surface area (Å²) >= 11 is 6.03. The van der Waals surface area contributed by atoms with Crippen LogP contribution in [0.2, 0.25) is 5.02 Å². The van der Waals surface area contributed by atoms with Crippen LogP contribution in [0.4, 0.5) is 5.69 Å². The monoisotopic (exact) mass is 268 g/mol. The molecule has 0 spiro atoms. The first kappa shape index (κ1) is 13.3. The molecule has 98 valence electrons. The predicted molar refractivity (Wildman–Crippen MR) is 72.1 cm³/mol. The number of nitrogens with one attached hydrogen (secondary N) is 1. The molecule has 1 aliphatic rings. The molecule has 0 atom stereocenters. The molecular formula is C13H17ClN2O2. The number of halogens is 1. The van der Waals surface area contributed by atoms with Crippen LogP contribution in [0, 0.1) is 6.92 Å². The lowest BCUT2D eigenvalue weighted by atomic mass is 10.2. The lowest BCUT2D eigenvalue weighted by Crippen LogP contribution is -2.41. The smallest absolute Gasteiger partial charge is 0.238 e. The first-order valence-electron chi connectivity index (χ1n) is 6.01. The molecule has 1 heterocycles. The summed E-state index contributed by atoms with van der Waals surface area (Å²) in [5.74, 6) is -0.0376. The fourth-order valence-electron chi connectivity index (χ4n) is 1.89. The number of nitrogens with zero attached hydrogens (tertiary/aromatic N) is 1. The van der Waals surface area contributed by atoms with E-state index in [9.17, 15) is 4.79 Å². The molecule has 2 rings (SSSR count). The van der Waals surface area contributed by atoms with E-state index >= 15 is 0 Å². The molecule has 1 aliphatic heterocycles. The lowest BCUT2D eigenvalue weighted by Gasteiger charge is -2.25. The Morgan fingerprint density at radius 3 is 2.89 bits per heavy atom. The molecule has 4 nitrogen and oxygen atoms in total. The molecule has 0 unspecified atom stereocenters. The maximum Gasteiger partial charge on any atom is 0.238 e. The summed E-state index contributed by atoms with van der Waals surface area (Å²) in [4.78, 5) is 14.0. The Morgan fingerprint density at radius 1 is 1.44 bits per heavy atom.